The molecule has 1 heterocycles. The second-order valence-corrected chi connectivity index (χ2v) is 3.66. The van der Waals surface area contributed by atoms with Crippen LogP contribution in [0, 0.1) is 0 Å². The first-order valence-corrected chi connectivity index (χ1v) is 4.77. The standard InChI is InChI=1S/C10H17N3O2/c1-11-8(10(14)15)9(13(2)3)7-4-5-12-6-7/h4-6,8-9,11-12H,1-3H3,(H,14,15). The van der Waals surface area contributed by atoms with E-state index >= 15 is 0 Å². The molecule has 15 heavy (non-hydrogen) atoms. The molecular weight excluding hydrogens is 194 g/mol. The number of hydrogen-bond acceptors (Lipinski definition) is 3. The lowest BCUT2D eigenvalue weighted by Crippen LogP contribution is -2.44. The molecule has 0 fully saturated rings. The van der Waals surface area contributed by atoms with Gasteiger partial charge in [-0.1, -0.05) is 0 Å². The van der Waals surface area contributed by atoms with E-state index < -0.39 is 12.0 Å². The van der Waals surface area contributed by atoms with Gasteiger partial charge in [0.2, 0.25) is 0 Å². The van der Waals surface area contributed by atoms with Crippen LogP contribution in [0.5, 0.6) is 0 Å². The van der Waals surface area contributed by atoms with Crippen molar-refractivity contribution in [2.24, 2.45) is 0 Å². The van der Waals surface area contributed by atoms with Crippen molar-refractivity contribution in [3.05, 3.63) is 24.0 Å². The third kappa shape index (κ3) is 2.57. The summed E-state index contributed by atoms with van der Waals surface area (Å²) in [4.78, 5) is 15.9. The molecule has 0 aromatic carbocycles. The molecule has 3 N–H and O–H groups in total. The summed E-state index contributed by atoms with van der Waals surface area (Å²) in [6.45, 7) is 0. The Hall–Kier alpha value is -1.33. The number of nitrogens with one attached hydrogen (secondary N) is 2. The number of carbonyl (C=O) groups is 1. The van der Waals surface area contributed by atoms with Crippen LogP contribution in [0.3, 0.4) is 0 Å². The van der Waals surface area contributed by atoms with Crippen LogP contribution in [-0.4, -0.2) is 48.1 Å². The molecule has 0 saturated carbocycles. The van der Waals surface area contributed by atoms with Gasteiger partial charge in [0.1, 0.15) is 6.04 Å². The molecule has 1 aromatic heterocycles. The number of likely N-dealkylation sites (N-methyl/N-ethyl adjacent to an activating group) is 2. The van der Waals surface area contributed by atoms with E-state index in [1.807, 2.05) is 31.3 Å². The van der Waals surface area contributed by atoms with Gasteiger partial charge in [0.15, 0.2) is 0 Å². The fourth-order valence-corrected chi connectivity index (χ4v) is 1.73. The molecule has 5 nitrogen and oxygen atoms in total. The highest BCUT2D eigenvalue weighted by atomic mass is 16.4. The first-order valence-electron chi connectivity index (χ1n) is 4.77. The van der Waals surface area contributed by atoms with Gasteiger partial charge in [-0.2, -0.15) is 0 Å². The van der Waals surface area contributed by atoms with Crippen molar-refractivity contribution < 1.29 is 9.90 Å². The number of carboxylic acid groups (broad SMARTS) is 1. The molecule has 2 unspecified atom stereocenters. The first-order chi connectivity index (χ1) is 7.07. The van der Waals surface area contributed by atoms with Gasteiger partial charge < -0.3 is 20.3 Å². The van der Waals surface area contributed by atoms with E-state index in [1.54, 1.807) is 13.2 Å². The Kier molecular flexibility index (Phi) is 3.88. The molecule has 84 valence electrons. The predicted octanol–water partition coefficient (Wildman–Crippen LogP) is 0.290. The number of aromatic amines is 1. The van der Waals surface area contributed by atoms with Crippen LogP contribution in [0.15, 0.2) is 18.5 Å². The highest BCUT2D eigenvalue weighted by Crippen LogP contribution is 2.21. The third-order valence-electron chi connectivity index (χ3n) is 2.41. The SMILES string of the molecule is CNC(C(=O)O)C(c1cc[nH]c1)N(C)C. The van der Waals surface area contributed by atoms with Crippen molar-refractivity contribution in [1.82, 2.24) is 15.2 Å². The molecule has 5 heteroatoms. The minimum absolute atomic E-state index is 0.182. The predicted molar refractivity (Wildman–Crippen MR) is 57.7 cm³/mol. The number of hydrogen-bond donors (Lipinski definition) is 3. The number of H-pyrrole nitrogens is 1. The second-order valence-electron chi connectivity index (χ2n) is 3.66. The van der Waals surface area contributed by atoms with Crippen LogP contribution < -0.4 is 5.32 Å². The van der Waals surface area contributed by atoms with E-state index in [9.17, 15) is 4.79 Å². The first kappa shape index (κ1) is 11.7. The summed E-state index contributed by atoms with van der Waals surface area (Å²) in [5, 5.41) is 11.9. The highest BCUT2D eigenvalue weighted by Gasteiger charge is 2.29. The fourth-order valence-electron chi connectivity index (χ4n) is 1.73. The number of aromatic nitrogens is 1. The Bertz CT molecular complexity index is 308. The van der Waals surface area contributed by atoms with Crippen molar-refractivity contribution in [1.29, 1.82) is 0 Å². The molecule has 2 atom stereocenters. The van der Waals surface area contributed by atoms with Crippen LogP contribution in [0.1, 0.15) is 11.6 Å². The molecule has 0 aliphatic carbocycles. The minimum atomic E-state index is -0.850. The van der Waals surface area contributed by atoms with E-state index in [-0.39, 0.29) is 6.04 Å². The molecule has 1 rings (SSSR count). The summed E-state index contributed by atoms with van der Waals surface area (Å²) >= 11 is 0. The maximum atomic E-state index is 11.1. The molecule has 0 amide bonds. The van der Waals surface area contributed by atoms with Gasteiger partial charge in [-0.25, -0.2) is 0 Å². The summed E-state index contributed by atoms with van der Waals surface area (Å²) in [5.41, 5.74) is 0.960. The number of rotatable bonds is 5. The molecule has 0 radical (unpaired) electrons. The van der Waals surface area contributed by atoms with Crippen LogP contribution in [0.2, 0.25) is 0 Å². The Morgan fingerprint density at radius 1 is 1.60 bits per heavy atom. The van der Waals surface area contributed by atoms with Gasteiger partial charge in [0.05, 0.1) is 6.04 Å². The Balaban J connectivity index is 2.96. The molecule has 0 aliphatic heterocycles. The summed E-state index contributed by atoms with van der Waals surface area (Å²) in [7, 11) is 5.39. The van der Waals surface area contributed by atoms with Crippen LogP contribution in [0.25, 0.3) is 0 Å². The van der Waals surface area contributed by atoms with E-state index in [1.165, 1.54) is 0 Å². The van der Waals surface area contributed by atoms with E-state index in [0.29, 0.717) is 0 Å². The number of aliphatic carboxylic acids is 1. The zero-order valence-electron chi connectivity index (χ0n) is 9.19. The largest absolute Gasteiger partial charge is 0.480 e. The maximum absolute atomic E-state index is 11.1. The van der Waals surface area contributed by atoms with Crippen LogP contribution in [0.4, 0.5) is 0 Å². The lowest BCUT2D eigenvalue weighted by atomic mass is 10.0. The molecular formula is C10H17N3O2. The fraction of sp³-hybridized carbons (Fsp3) is 0.500. The summed E-state index contributed by atoms with van der Waals surface area (Å²) in [6.07, 6.45) is 3.61. The lowest BCUT2D eigenvalue weighted by molar-refractivity contribution is -0.141. The van der Waals surface area contributed by atoms with Crippen molar-refractivity contribution in [3.63, 3.8) is 0 Å². The van der Waals surface area contributed by atoms with Gasteiger partial charge in [-0.3, -0.25) is 4.79 Å². The normalized spacial score (nSPS) is 15.2. The highest BCUT2D eigenvalue weighted by molar-refractivity contribution is 5.74. The maximum Gasteiger partial charge on any atom is 0.322 e. The van der Waals surface area contributed by atoms with Gasteiger partial charge in [-0.05, 0) is 32.8 Å². The van der Waals surface area contributed by atoms with Gasteiger partial charge in [0.25, 0.3) is 0 Å². The van der Waals surface area contributed by atoms with Crippen LogP contribution >= 0.6 is 0 Å². The van der Waals surface area contributed by atoms with Crippen LogP contribution in [-0.2, 0) is 4.79 Å². The summed E-state index contributed by atoms with van der Waals surface area (Å²) < 4.78 is 0. The average Bonchev–Trinajstić information content (AvgIpc) is 2.64. The molecule has 0 aliphatic rings. The quantitative estimate of drug-likeness (QED) is 0.655. The van der Waals surface area contributed by atoms with Crippen molar-refractivity contribution >= 4 is 5.97 Å². The third-order valence-corrected chi connectivity index (χ3v) is 2.41. The lowest BCUT2D eigenvalue weighted by Gasteiger charge is -2.28. The zero-order valence-corrected chi connectivity index (χ0v) is 9.19. The van der Waals surface area contributed by atoms with Crippen molar-refractivity contribution in [3.8, 4) is 0 Å². The van der Waals surface area contributed by atoms with E-state index in [4.69, 9.17) is 5.11 Å². The summed E-state index contributed by atoms with van der Waals surface area (Å²) in [6, 6.07) is 1.09. The smallest absolute Gasteiger partial charge is 0.322 e. The molecule has 0 spiro atoms. The van der Waals surface area contributed by atoms with E-state index in [2.05, 4.69) is 10.3 Å². The molecule has 0 saturated heterocycles. The zero-order chi connectivity index (χ0) is 11.4. The molecule has 0 bridgehead atoms. The Morgan fingerprint density at radius 3 is 2.60 bits per heavy atom. The number of nitrogens with zero attached hydrogens (tertiary/aromatic N) is 1. The van der Waals surface area contributed by atoms with Gasteiger partial charge in [-0.15, -0.1) is 0 Å². The second kappa shape index (κ2) is 4.95. The summed E-state index contributed by atoms with van der Waals surface area (Å²) in [5.74, 6) is -0.850. The van der Waals surface area contributed by atoms with Crippen molar-refractivity contribution in [2.75, 3.05) is 21.1 Å². The Morgan fingerprint density at radius 2 is 2.27 bits per heavy atom. The minimum Gasteiger partial charge on any atom is -0.480 e. The topological polar surface area (TPSA) is 68.4 Å². The molecule has 1 aromatic rings. The number of carboxylic acids is 1. The van der Waals surface area contributed by atoms with E-state index in [0.717, 1.165) is 5.56 Å². The van der Waals surface area contributed by atoms with Gasteiger partial charge >= 0.3 is 5.97 Å². The average molecular weight is 211 g/mol. The Labute approximate surface area is 89.1 Å². The monoisotopic (exact) mass is 211 g/mol. The van der Waals surface area contributed by atoms with Crippen molar-refractivity contribution in [2.45, 2.75) is 12.1 Å². The van der Waals surface area contributed by atoms with Gasteiger partial charge in [0, 0.05) is 12.4 Å².